The number of carbonyl (C=O) groups excluding carboxylic acids is 1. The van der Waals surface area contributed by atoms with Gasteiger partial charge in [-0.05, 0) is 76.2 Å². The maximum atomic E-state index is 12.4. The van der Waals surface area contributed by atoms with Crippen LogP contribution in [0, 0.1) is 0 Å². The van der Waals surface area contributed by atoms with Gasteiger partial charge in [0.25, 0.3) is 5.91 Å². The van der Waals surface area contributed by atoms with Crippen molar-refractivity contribution in [1.82, 2.24) is 5.43 Å². The SMILES string of the molecule is CC(C)Oc1ccccc1/C=N\NC(=O)c1ccc(N/N=C\c2ccccc2OC(C)C)cc1. The fourth-order valence-electron chi connectivity index (χ4n) is 2.99. The molecule has 0 spiro atoms. The topological polar surface area (TPSA) is 84.3 Å². The van der Waals surface area contributed by atoms with E-state index in [1.807, 2.05) is 76.2 Å². The second-order valence-electron chi connectivity index (χ2n) is 8.06. The molecule has 1 amide bonds. The number of hydrogen-bond acceptors (Lipinski definition) is 6. The van der Waals surface area contributed by atoms with E-state index in [1.165, 1.54) is 0 Å². The van der Waals surface area contributed by atoms with Crippen molar-refractivity contribution in [3.05, 3.63) is 89.5 Å². The normalized spacial score (nSPS) is 11.4. The van der Waals surface area contributed by atoms with Gasteiger partial charge in [0.15, 0.2) is 0 Å². The number of hydrazone groups is 2. The van der Waals surface area contributed by atoms with Crippen LogP contribution in [-0.4, -0.2) is 30.5 Å². The first-order chi connectivity index (χ1) is 16.4. The van der Waals surface area contributed by atoms with Crippen molar-refractivity contribution in [2.75, 3.05) is 5.43 Å². The third-order valence-corrected chi connectivity index (χ3v) is 4.48. The second kappa shape index (κ2) is 12.2. The summed E-state index contributed by atoms with van der Waals surface area (Å²) in [5.41, 5.74) is 8.40. The standard InChI is InChI=1S/C27H30N4O3/c1-19(2)33-25-11-7-5-9-22(25)17-28-30-24-15-13-21(14-16-24)27(32)31-29-18-23-10-6-8-12-26(23)34-20(3)4/h5-20,30H,1-4H3,(H,31,32)/b28-17-,29-18-. The molecule has 0 saturated heterocycles. The highest BCUT2D eigenvalue weighted by Crippen LogP contribution is 2.18. The summed E-state index contributed by atoms with van der Waals surface area (Å²) in [6, 6.07) is 22.2. The van der Waals surface area contributed by atoms with Crippen molar-refractivity contribution >= 4 is 24.0 Å². The smallest absolute Gasteiger partial charge is 0.271 e. The fraction of sp³-hybridized carbons (Fsp3) is 0.222. The van der Waals surface area contributed by atoms with Crippen molar-refractivity contribution in [2.45, 2.75) is 39.9 Å². The van der Waals surface area contributed by atoms with Crippen molar-refractivity contribution in [3.63, 3.8) is 0 Å². The molecule has 0 heterocycles. The predicted octanol–water partition coefficient (Wildman–Crippen LogP) is 5.47. The fourth-order valence-corrected chi connectivity index (χ4v) is 2.99. The minimum Gasteiger partial charge on any atom is -0.490 e. The van der Waals surface area contributed by atoms with Gasteiger partial charge in [-0.25, -0.2) is 5.43 Å². The van der Waals surface area contributed by atoms with E-state index in [9.17, 15) is 4.79 Å². The number of para-hydroxylation sites is 2. The van der Waals surface area contributed by atoms with Gasteiger partial charge in [-0.15, -0.1) is 0 Å². The number of ether oxygens (including phenoxy) is 2. The quantitative estimate of drug-likeness (QED) is 0.312. The van der Waals surface area contributed by atoms with Crippen molar-refractivity contribution in [1.29, 1.82) is 0 Å². The van der Waals surface area contributed by atoms with Gasteiger partial charge in [-0.1, -0.05) is 24.3 Å². The van der Waals surface area contributed by atoms with Crippen LogP contribution in [0.25, 0.3) is 0 Å². The molecule has 0 bridgehead atoms. The predicted molar refractivity (Wildman–Crippen MR) is 137 cm³/mol. The minimum atomic E-state index is -0.312. The molecule has 0 aliphatic rings. The monoisotopic (exact) mass is 458 g/mol. The van der Waals surface area contributed by atoms with E-state index in [4.69, 9.17) is 9.47 Å². The first kappa shape index (κ1) is 24.5. The number of hydrogen-bond donors (Lipinski definition) is 2. The van der Waals surface area contributed by atoms with Gasteiger partial charge < -0.3 is 9.47 Å². The minimum absolute atomic E-state index is 0.0451. The van der Waals surface area contributed by atoms with Crippen LogP contribution in [-0.2, 0) is 0 Å². The zero-order valence-electron chi connectivity index (χ0n) is 19.9. The van der Waals surface area contributed by atoms with Crippen LogP contribution in [0.2, 0.25) is 0 Å². The molecule has 0 unspecified atom stereocenters. The van der Waals surface area contributed by atoms with Gasteiger partial charge in [0.2, 0.25) is 0 Å². The maximum Gasteiger partial charge on any atom is 0.271 e. The lowest BCUT2D eigenvalue weighted by molar-refractivity contribution is 0.0955. The Kier molecular flexibility index (Phi) is 8.80. The Morgan fingerprint density at radius 3 is 1.76 bits per heavy atom. The van der Waals surface area contributed by atoms with Crippen LogP contribution in [0.15, 0.2) is 83.0 Å². The third kappa shape index (κ3) is 7.48. The molecule has 0 aromatic heterocycles. The molecule has 0 aliphatic heterocycles. The summed E-state index contributed by atoms with van der Waals surface area (Å²) in [6.45, 7) is 7.88. The third-order valence-electron chi connectivity index (χ3n) is 4.48. The molecule has 0 fully saturated rings. The Morgan fingerprint density at radius 1 is 0.735 bits per heavy atom. The van der Waals surface area contributed by atoms with E-state index < -0.39 is 0 Å². The maximum absolute atomic E-state index is 12.4. The molecule has 7 nitrogen and oxygen atoms in total. The van der Waals surface area contributed by atoms with E-state index in [1.54, 1.807) is 36.7 Å². The molecule has 0 aliphatic carbocycles. The second-order valence-corrected chi connectivity index (χ2v) is 8.06. The lowest BCUT2D eigenvalue weighted by Gasteiger charge is -2.11. The number of anilines is 1. The van der Waals surface area contributed by atoms with Crippen LogP contribution in [0.5, 0.6) is 11.5 Å². The molecule has 0 atom stereocenters. The van der Waals surface area contributed by atoms with Crippen molar-refractivity contribution in [3.8, 4) is 11.5 Å². The number of carbonyl (C=O) groups is 1. The molecular weight excluding hydrogens is 428 g/mol. The Bertz CT molecular complexity index is 1140. The van der Waals surface area contributed by atoms with Crippen LogP contribution >= 0.6 is 0 Å². The first-order valence-corrected chi connectivity index (χ1v) is 11.2. The molecule has 2 N–H and O–H groups in total. The number of amides is 1. The zero-order valence-corrected chi connectivity index (χ0v) is 19.9. The van der Waals surface area contributed by atoms with E-state index >= 15 is 0 Å². The first-order valence-electron chi connectivity index (χ1n) is 11.2. The Morgan fingerprint density at radius 2 is 1.24 bits per heavy atom. The highest BCUT2D eigenvalue weighted by molar-refractivity contribution is 5.95. The summed E-state index contributed by atoms with van der Waals surface area (Å²) >= 11 is 0. The Balaban J connectivity index is 1.56. The summed E-state index contributed by atoms with van der Waals surface area (Å²) in [7, 11) is 0. The molecule has 3 rings (SSSR count). The number of rotatable bonds is 10. The molecule has 3 aromatic carbocycles. The van der Waals surface area contributed by atoms with Gasteiger partial charge >= 0.3 is 0 Å². The molecule has 0 radical (unpaired) electrons. The van der Waals surface area contributed by atoms with Crippen LogP contribution in [0.1, 0.15) is 49.2 Å². The van der Waals surface area contributed by atoms with E-state index in [0.29, 0.717) is 11.3 Å². The highest BCUT2D eigenvalue weighted by Gasteiger charge is 2.06. The molecular formula is C27H30N4O3. The Labute approximate surface area is 200 Å². The van der Waals surface area contributed by atoms with Crippen molar-refractivity contribution < 1.29 is 14.3 Å². The summed E-state index contributed by atoms with van der Waals surface area (Å²) < 4.78 is 11.5. The average Bonchev–Trinajstić information content (AvgIpc) is 2.81. The number of benzene rings is 3. The number of nitrogens with one attached hydrogen (secondary N) is 2. The van der Waals surface area contributed by atoms with Crippen LogP contribution in [0.3, 0.4) is 0 Å². The molecule has 34 heavy (non-hydrogen) atoms. The average molecular weight is 459 g/mol. The molecule has 0 saturated carbocycles. The number of nitrogens with zero attached hydrogens (tertiary/aromatic N) is 2. The van der Waals surface area contributed by atoms with Gasteiger partial charge in [-0.3, -0.25) is 10.2 Å². The molecule has 3 aromatic rings. The van der Waals surface area contributed by atoms with Gasteiger partial charge in [0.1, 0.15) is 11.5 Å². The van der Waals surface area contributed by atoms with E-state index in [0.717, 1.165) is 22.6 Å². The molecule has 7 heteroatoms. The summed E-state index contributed by atoms with van der Waals surface area (Å²) in [5.74, 6) is 1.17. The summed E-state index contributed by atoms with van der Waals surface area (Å²) in [6.07, 6.45) is 3.40. The van der Waals surface area contributed by atoms with Gasteiger partial charge in [0.05, 0.1) is 30.3 Å². The summed E-state index contributed by atoms with van der Waals surface area (Å²) in [5, 5.41) is 8.34. The van der Waals surface area contributed by atoms with Crippen molar-refractivity contribution in [2.24, 2.45) is 10.2 Å². The molecule has 176 valence electrons. The summed E-state index contributed by atoms with van der Waals surface area (Å²) in [4.78, 5) is 12.4. The van der Waals surface area contributed by atoms with Crippen LogP contribution < -0.4 is 20.3 Å². The Hall–Kier alpha value is -4.13. The van der Waals surface area contributed by atoms with Gasteiger partial charge in [0, 0.05) is 16.7 Å². The van der Waals surface area contributed by atoms with Gasteiger partial charge in [-0.2, -0.15) is 10.2 Å². The zero-order chi connectivity index (χ0) is 24.3. The van der Waals surface area contributed by atoms with E-state index in [-0.39, 0.29) is 18.1 Å². The lowest BCUT2D eigenvalue weighted by Crippen LogP contribution is -2.17. The highest BCUT2D eigenvalue weighted by atomic mass is 16.5. The lowest BCUT2D eigenvalue weighted by atomic mass is 10.2. The van der Waals surface area contributed by atoms with E-state index in [2.05, 4.69) is 21.1 Å². The van der Waals surface area contributed by atoms with Crippen LogP contribution in [0.4, 0.5) is 5.69 Å². The largest absolute Gasteiger partial charge is 0.490 e.